The number of benzene rings is 2. The summed E-state index contributed by atoms with van der Waals surface area (Å²) < 4.78 is 0. The maximum absolute atomic E-state index is 8.25. The molecule has 0 atom stereocenters. The molecule has 23 heavy (non-hydrogen) atoms. The van der Waals surface area contributed by atoms with E-state index in [1.807, 2.05) is 6.07 Å². The Hall–Kier alpha value is -1.79. The normalized spacial score (nSPS) is 8.22. The summed E-state index contributed by atoms with van der Waals surface area (Å²) in [6.45, 7) is 2.06. The zero-order chi connectivity index (χ0) is 13.8. The first kappa shape index (κ1) is 26.1. The van der Waals surface area contributed by atoms with Gasteiger partial charge in [-0.05, 0) is 18.4 Å². The molecule has 0 saturated heterocycles. The fourth-order valence-electron chi connectivity index (χ4n) is 2.07. The van der Waals surface area contributed by atoms with Crippen LogP contribution in [0.25, 0.3) is 34.0 Å². The molecule has 7 nitrogen and oxygen atoms in total. The smallest absolute Gasteiger partial charge is 1.00 e. The summed E-state index contributed by atoms with van der Waals surface area (Å²) in [7, 11) is 0. The Morgan fingerprint density at radius 3 is 1.78 bits per heavy atom. The van der Waals surface area contributed by atoms with Crippen molar-refractivity contribution < 1.29 is 38.6 Å². The van der Waals surface area contributed by atoms with E-state index in [1.165, 1.54) is 16.2 Å². The number of hydrogen-bond donors (Lipinski definition) is 0. The maximum Gasteiger partial charge on any atom is 4.00 e. The van der Waals surface area contributed by atoms with Crippen LogP contribution in [0.4, 0.5) is 0 Å². The third kappa shape index (κ3) is 6.46. The second-order valence-corrected chi connectivity index (χ2v) is 3.98. The van der Waals surface area contributed by atoms with E-state index in [4.69, 9.17) is 15.3 Å². The number of aryl methyl sites for hydroxylation is 1. The van der Waals surface area contributed by atoms with Gasteiger partial charge in [0.15, 0.2) is 0 Å². The van der Waals surface area contributed by atoms with E-state index in [2.05, 4.69) is 54.4 Å². The Morgan fingerprint density at radius 1 is 0.870 bits per heavy atom. The molecule has 0 unspecified atom stereocenters. The molecule has 0 aliphatic rings. The van der Waals surface area contributed by atoms with Crippen molar-refractivity contribution in [2.75, 3.05) is 0 Å². The summed E-state index contributed by atoms with van der Waals surface area (Å²) in [4.78, 5) is 12.9. The molecule has 9 heteroatoms. The molecule has 0 amide bonds. The average Bonchev–Trinajstić information content (AvgIpc) is 2.39. The van der Waals surface area contributed by atoms with Crippen molar-refractivity contribution in [2.45, 2.75) is 6.92 Å². The second kappa shape index (κ2) is 11.7. The number of aromatic nitrogens is 1. The van der Waals surface area contributed by atoms with E-state index >= 15 is 0 Å². The molecule has 4 N–H and O–H groups in total. The van der Waals surface area contributed by atoms with E-state index in [0.717, 1.165) is 11.2 Å². The summed E-state index contributed by atoms with van der Waals surface area (Å²) in [5, 5.41) is 18.5. The first-order valence-electron chi connectivity index (χ1n) is 5.65. The van der Waals surface area contributed by atoms with E-state index < -0.39 is 5.09 Å². The number of hydrogen-bond acceptors (Lipinski definition) is 4. The first-order valence-corrected chi connectivity index (χ1v) is 5.65. The second-order valence-electron chi connectivity index (χ2n) is 3.98. The van der Waals surface area contributed by atoms with Gasteiger partial charge in [-0.1, -0.05) is 42.5 Å². The number of nitrogens with zero attached hydrogens (tertiary/aromatic N) is 2. The van der Waals surface area contributed by atoms with Crippen molar-refractivity contribution in [2.24, 2.45) is 0 Å². The molecule has 0 radical (unpaired) electrons. The number of rotatable bonds is 0. The minimum Gasteiger partial charge on any atom is -1.00 e. The molecule has 1 aromatic heterocycles. The topological polar surface area (TPSA) is 146 Å². The van der Waals surface area contributed by atoms with Gasteiger partial charge in [0.2, 0.25) is 0 Å². The van der Waals surface area contributed by atoms with Gasteiger partial charge in [0.25, 0.3) is 0 Å². The SMILES string of the molecule is Cc1nc2ccccc2c2ccccc12.O=[N+]([O-])[O-].[Cl-].[NH2-].[NH2-].[Pt+4]. The molecule has 0 spiro atoms. The number of fused-ring (bicyclic) bond motifs is 3. The van der Waals surface area contributed by atoms with Crippen molar-refractivity contribution in [3.63, 3.8) is 0 Å². The van der Waals surface area contributed by atoms with Crippen LogP contribution in [0.15, 0.2) is 48.5 Å². The fraction of sp³-hybridized carbons (Fsp3) is 0.0714. The van der Waals surface area contributed by atoms with E-state index in [1.54, 1.807) is 0 Å². The van der Waals surface area contributed by atoms with Crippen molar-refractivity contribution in [3.05, 3.63) is 81.8 Å². The van der Waals surface area contributed by atoms with Gasteiger partial charge < -0.3 is 40.0 Å². The minimum atomic E-state index is -1.75. The molecule has 2 aromatic carbocycles. The van der Waals surface area contributed by atoms with Gasteiger partial charge in [0, 0.05) is 16.5 Å². The quantitative estimate of drug-likeness (QED) is 0.254. The molecule has 0 saturated carbocycles. The molecule has 126 valence electrons. The van der Waals surface area contributed by atoms with Crippen LogP contribution in [-0.4, -0.2) is 10.1 Å². The van der Waals surface area contributed by atoms with E-state index in [9.17, 15) is 0 Å². The van der Waals surface area contributed by atoms with Crippen LogP contribution < -0.4 is 12.4 Å². The summed E-state index contributed by atoms with van der Waals surface area (Å²) in [6, 6.07) is 16.7. The maximum atomic E-state index is 8.25. The zero-order valence-corrected chi connectivity index (χ0v) is 15.1. The predicted octanol–water partition coefficient (Wildman–Crippen LogP) is 1.89. The number of nitrogens with two attached hydrogens (primary N) is 2. The van der Waals surface area contributed by atoms with E-state index in [0.29, 0.717) is 0 Å². The molecule has 1 heterocycles. The van der Waals surface area contributed by atoms with Crippen molar-refractivity contribution in [1.29, 1.82) is 0 Å². The first-order chi connectivity index (χ1) is 9.09. The van der Waals surface area contributed by atoms with Crippen LogP contribution in [0.1, 0.15) is 5.69 Å². The Labute approximate surface area is 154 Å². The van der Waals surface area contributed by atoms with Gasteiger partial charge in [-0.25, -0.2) is 0 Å². The van der Waals surface area contributed by atoms with Crippen LogP contribution in [0.3, 0.4) is 0 Å². The van der Waals surface area contributed by atoms with Crippen molar-refractivity contribution in [3.8, 4) is 0 Å². The monoisotopic (exact) mass is 517 g/mol. The fourth-order valence-corrected chi connectivity index (χ4v) is 2.07. The van der Waals surface area contributed by atoms with Crippen LogP contribution in [0.2, 0.25) is 0 Å². The van der Waals surface area contributed by atoms with Crippen LogP contribution in [-0.2, 0) is 21.1 Å². The van der Waals surface area contributed by atoms with Gasteiger partial charge in [-0.15, -0.1) is 0 Å². The predicted molar refractivity (Wildman–Crippen MR) is 84.9 cm³/mol. The zero-order valence-electron chi connectivity index (χ0n) is 12.1. The molecule has 0 fully saturated rings. The van der Waals surface area contributed by atoms with E-state index in [-0.39, 0.29) is 45.8 Å². The summed E-state index contributed by atoms with van der Waals surface area (Å²) in [5.74, 6) is 0. The molecular formula is C14H15ClN4O3Pt. The summed E-state index contributed by atoms with van der Waals surface area (Å²) in [6.07, 6.45) is 0. The molecule has 0 aliphatic carbocycles. The minimum absolute atomic E-state index is 0. The van der Waals surface area contributed by atoms with Crippen LogP contribution >= 0.6 is 0 Å². The van der Waals surface area contributed by atoms with Crippen LogP contribution in [0, 0.1) is 22.2 Å². The van der Waals surface area contributed by atoms with Gasteiger partial charge in [-0.2, -0.15) is 0 Å². The largest absolute Gasteiger partial charge is 4.00 e. The third-order valence-electron chi connectivity index (χ3n) is 2.80. The van der Waals surface area contributed by atoms with Gasteiger partial charge in [0.1, 0.15) is 0 Å². The molecule has 0 aliphatic heterocycles. The Kier molecular flexibility index (Phi) is 13.3. The van der Waals surface area contributed by atoms with Crippen LogP contribution in [0.5, 0.6) is 0 Å². The van der Waals surface area contributed by atoms with Gasteiger partial charge >= 0.3 is 21.1 Å². The van der Waals surface area contributed by atoms with Gasteiger partial charge in [0.05, 0.1) is 10.6 Å². The Morgan fingerprint density at radius 2 is 1.26 bits per heavy atom. The summed E-state index contributed by atoms with van der Waals surface area (Å²) in [5.41, 5.74) is 2.18. The average molecular weight is 518 g/mol. The van der Waals surface area contributed by atoms with Gasteiger partial charge in [-0.3, -0.25) is 4.98 Å². The Balaban J connectivity index is -0.000000457. The summed E-state index contributed by atoms with van der Waals surface area (Å²) >= 11 is 0. The standard InChI is InChI=1S/C14H11N.ClH.NO3.2H2N.Pt/c1-10-11-6-2-3-7-12(11)13-8-4-5-9-14(13)15-10;;2-1(3)4;;;/h2-9H,1H3;1H;;2*1H2;/q;;3*-1;+4/p-1. The molecule has 0 bridgehead atoms. The van der Waals surface area contributed by atoms with Crippen molar-refractivity contribution >= 4 is 21.7 Å². The Bertz CT molecular complexity index is 754. The number of para-hydroxylation sites is 1. The molecule has 3 aromatic rings. The number of halogens is 1. The van der Waals surface area contributed by atoms with Crippen molar-refractivity contribution in [1.82, 2.24) is 4.98 Å². The third-order valence-corrected chi connectivity index (χ3v) is 2.80. The number of pyridine rings is 1. The molecule has 3 rings (SSSR count). The molecular weight excluding hydrogens is 503 g/mol.